The Bertz CT molecular complexity index is 581. The van der Waals surface area contributed by atoms with E-state index in [0.29, 0.717) is 6.04 Å². The molecule has 1 fully saturated rings. The van der Waals surface area contributed by atoms with E-state index in [-0.39, 0.29) is 0 Å². The van der Waals surface area contributed by atoms with Crippen LogP contribution in [0, 0.1) is 0 Å². The second-order valence-electron chi connectivity index (χ2n) is 5.23. The number of nitrogens with zero attached hydrogens (tertiary/aromatic N) is 3. The third-order valence-corrected chi connectivity index (χ3v) is 4.01. The van der Waals surface area contributed by atoms with Crippen LogP contribution in [-0.2, 0) is 0 Å². The molecule has 0 bridgehead atoms. The molecule has 1 atom stereocenters. The maximum absolute atomic E-state index is 5.92. The molecule has 0 amide bonds. The van der Waals surface area contributed by atoms with E-state index in [2.05, 4.69) is 21.8 Å². The minimum absolute atomic E-state index is 0.591. The lowest BCUT2D eigenvalue weighted by Gasteiger charge is -2.36. The fraction of sp³-hybridized carbons (Fsp3) is 0.467. The van der Waals surface area contributed by atoms with Crippen LogP contribution in [-0.4, -0.2) is 22.6 Å². The van der Waals surface area contributed by atoms with Gasteiger partial charge in [-0.2, -0.15) is 0 Å². The lowest BCUT2D eigenvalue weighted by molar-refractivity contribution is 0.448. The highest BCUT2D eigenvalue weighted by atomic mass is 15.2. The molecule has 0 saturated carbocycles. The average molecular weight is 256 g/mol. The van der Waals surface area contributed by atoms with E-state index in [1.165, 1.54) is 19.3 Å². The summed E-state index contributed by atoms with van der Waals surface area (Å²) >= 11 is 0. The van der Waals surface area contributed by atoms with Crippen LogP contribution in [0.2, 0.25) is 0 Å². The summed E-state index contributed by atoms with van der Waals surface area (Å²) in [7, 11) is 0. The van der Waals surface area contributed by atoms with Crippen LogP contribution in [0.3, 0.4) is 0 Å². The highest BCUT2D eigenvalue weighted by Crippen LogP contribution is 2.30. The standard InChI is InChI=1S/C15H20N4/c1-2-12-5-3-4-8-19(12)15-13-9-11(16)6-7-14(13)17-10-18-15/h6-7,9-10,12H,2-5,8,16H2,1H3. The lowest BCUT2D eigenvalue weighted by Crippen LogP contribution is -2.39. The molecular formula is C15H20N4. The van der Waals surface area contributed by atoms with Crippen LogP contribution in [0.25, 0.3) is 10.9 Å². The van der Waals surface area contributed by atoms with E-state index in [1.54, 1.807) is 6.33 Å². The van der Waals surface area contributed by atoms with Gasteiger partial charge in [-0.3, -0.25) is 0 Å². The number of hydrogen-bond acceptors (Lipinski definition) is 4. The number of piperidine rings is 1. The zero-order chi connectivity index (χ0) is 13.2. The molecule has 0 spiro atoms. The number of anilines is 2. The fourth-order valence-corrected chi connectivity index (χ4v) is 2.99. The van der Waals surface area contributed by atoms with E-state index in [9.17, 15) is 0 Å². The predicted molar refractivity (Wildman–Crippen MR) is 79.2 cm³/mol. The van der Waals surface area contributed by atoms with Crippen molar-refractivity contribution in [2.24, 2.45) is 0 Å². The first-order valence-electron chi connectivity index (χ1n) is 7.06. The number of fused-ring (bicyclic) bond motifs is 1. The first kappa shape index (κ1) is 12.2. The summed E-state index contributed by atoms with van der Waals surface area (Å²) in [4.78, 5) is 11.3. The maximum Gasteiger partial charge on any atom is 0.140 e. The summed E-state index contributed by atoms with van der Waals surface area (Å²) in [6.45, 7) is 3.33. The van der Waals surface area contributed by atoms with Crippen LogP contribution in [0.5, 0.6) is 0 Å². The molecule has 0 radical (unpaired) electrons. The molecule has 3 rings (SSSR count). The van der Waals surface area contributed by atoms with Crippen LogP contribution >= 0.6 is 0 Å². The Balaban J connectivity index is 2.10. The van der Waals surface area contributed by atoms with E-state index in [4.69, 9.17) is 5.73 Å². The number of aromatic nitrogens is 2. The van der Waals surface area contributed by atoms with Gasteiger partial charge in [-0.25, -0.2) is 9.97 Å². The van der Waals surface area contributed by atoms with Crippen molar-refractivity contribution in [1.29, 1.82) is 0 Å². The molecule has 19 heavy (non-hydrogen) atoms. The highest BCUT2D eigenvalue weighted by Gasteiger charge is 2.23. The van der Waals surface area contributed by atoms with Crippen LogP contribution in [0.4, 0.5) is 11.5 Å². The van der Waals surface area contributed by atoms with Gasteiger partial charge in [-0.1, -0.05) is 6.92 Å². The number of nitrogen functional groups attached to an aromatic ring is 1. The number of nitrogens with two attached hydrogens (primary N) is 1. The molecule has 1 aliphatic heterocycles. The highest BCUT2D eigenvalue weighted by molar-refractivity contribution is 5.91. The van der Waals surface area contributed by atoms with Gasteiger partial charge in [0.05, 0.1) is 5.52 Å². The quantitative estimate of drug-likeness (QED) is 0.839. The Morgan fingerprint density at radius 3 is 3.05 bits per heavy atom. The summed E-state index contributed by atoms with van der Waals surface area (Å²) in [6.07, 6.45) is 6.64. The molecule has 1 saturated heterocycles. The Kier molecular flexibility index (Phi) is 3.23. The molecular weight excluding hydrogens is 236 g/mol. The largest absolute Gasteiger partial charge is 0.399 e. The molecule has 4 heteroatoms. The first-order chi connectivity index (χ1) is 9.29. The summed E-state index contributed by atoms with van der Waals surface area (Å²) in [6, 6.07) is 6.45. The van der Waals surface area contributed by atoms with Gasteiger partial charge in [-0.05, 0) is 43.9 Å². The van der Waals surface area contributed by atoms with Gasteiger partial charge in [0.15, 0.2) is 0 Å². The Morgan fingerprint density at radius 2 is 2.21 bits per heavy atom. The third-order valence-electron chi connectivity index (χ3n) is 4.01. The second-order valence-corrected chi connectivity index (χ2v) is 5.23. The van der Waals surface area contributed by atoms with E-state index in [1.807, 2.05) is 18.2 Å². The smallest absolute Gasteiger partial charge is 0.140 e. The molecule has 1 aromatic heterocycles. The summed E-state index contributed by atoms with van der Waals surface area (Å²) in [5.41, 5.74) is 7.66. The summed E-state index contributed by atoms with van der Waals surface area (Å²) in [5, 5.41) is 1.07. The molecule has 1 unspecified atom stereocenters. The second kappa shape index (κ2) is 5.03. The number of rotatable bonds is 2. The SMILES string of the molecule is CCC1CCCCN1c1ncnc2ccc(N)cc12. The molecule has 2 aromatic rings. The fourth-order valence-electron chi connectivity index (χ4n) is 2.99. The molecule has 100 valence electrons. The van der Waals surface area contributed by atoms with Crippen molar-refractivity contribution in [3.8, 4) is 0 Å². The van der Waals surface area contributed by atoms with Crippen molar-refractivity contribution in [2.75, 3.05) is 17.2 Å². The monoisotopic (exact) mass is 256 g/mol. The topological polar surface area (TPSA) is 55.0 Å². The molecule has 1 aromatic carbocycles. The molecule has 0 aliphatic carbocycles. The van der Waals surface area contributed by atoms with Gasteiger partial charge in [-0.15, -0.1) is 0 Å². The molecule has 2 heterocycles. The van der Waals surface area contributed by atoms with Crippen LogP contribution in [0.1, 0.15) is 32.6 Å². The van der Waals surface area contributed by atoms with Crippen LogP contribution < -0.4 is 10.6 Å². The summed E-state index contributed by atoms with van der Waals surface area (Å²) in [5.74, 6) is 1.05. The average Bonchev–Trinajstić information content (AvgIpc) is 2.46. The van der Waals surface area contributed by atoms with E-state index < -0.39 is 0 Å². The van der Waals surface area contributed by atoms with Gasteiger partial charge in [0.25, 0.3) is 0 Å². The molecule has 1 aliphatic rings. The van der Waals surface area contributed by atoms with Crippen molar-refractivity contribution in [1.82, 2.24) is 9.97 Å². The normalized spacial score (nSPS) is 19.8. The minimum atomic E-state index is 0.591. The van der Waals surface area contributed by atoms with E-state index >= 15 is 0 Å². The van der Waals surface area contributed by atoms with Crippen molar-refractivity contribution in [3.05, 3.63) is 24.5 Å². The van der Waals surface area contributed by atoms with Crippen molar-refractivity contribution < 1.29 is 0 Å². The molecule has 4 nitrogen and oxygen atoms in total. The van der Waals surface area contributed by atoms with Gasteiger partial charge >= 0.3 is 0 Å². The van der Waals surface area contributed by atoms with Gasteiger partial charge < -0.3 is 10.6 Å². The molecule has 2 N–H and O–H groups in total. The predicted octanol–water partition coefficient (Wildman–Crippen LogP) is 2.98. The Hall–Kier alpha value is -1.84. The Labute approximate surface area is 113 Å². The van der Waals surface area contributed by atoms with Crippen molar-refractivity contribution in [3.63, 3.8) is 0 Å². The number of hydrogen-bond donors (Lipinski definition) is 1. The van der Waals surface area contributed by atoms with Crippen molar-refractivity contribution in [2.45, 2.75) is 38.6 Å². The minimum Gasteiger partial charge on any atom is -0.399 e. The van der Waals surface area contributed by atoms with Gasteiger partial charge in [0, 0.05) is 23.7 Å². The van der Waals surface area contributed by atoms with E-state index in [0.717, 1.165) is 35.4 Å². The summed E-state index contributed by atoms with van der Waals surface area (Å²) < 4.78 is 0. The number of benzene rings is 1. The van der Waals surface area contributed by atoms with Gasteiger partial charge in [0.2, 0.25) is 0 Å². The van der Waals surface area contributed by atoms with Crippen molar-refractivity contribution >= 4 is 22.4 Å². The first-order valence-corrected chi connectivity index (χ1v) is 7.06. The lowest BCUT2D eigenvalue weighted by atomic mass is 9.99. The van der Waals surface area contributed by atoms with Crippen LogP contribution in [0.15, 0.2) is 24.5 Å². The zero-order valence-corrected chi connectivity index (χ0v) is 11.3. The maximum atomic E-state index is 5.92. The zero-order valence-electron chi connectivity index (χ0n) is 11.3. The Morgan fingerprint density at radius 1 is 1.32 bits per heavy atom. The third kappa shape index (κ3) is 2.23. The van der Waals surface area contributed by atoms with Gasteiger partial charge in [0.1, 0.15) is 12.1 Å².